The fraction of sp³-hybridized carbons (Fsp3) is 0.932. The summed E-state index contributed by atoms with van der Waals surface area (Å²) in [5, 5.41) is 23.1. The lowest BCUT2D eigenvalue weighted by Gasteiger charge is -2.20. The Morgan fingerprint density at radius 3 is 1.05 bits per heavy atom. The quantitative estimate of drug-likeness (QED) is 0.0321. The van der Waals surface area contributed by atoms with Crippen LogP contribution in [0.3, 0.4) is 0 Å². The van der Waals surface area contributed by atoms with Crippen molar-refractivity contribution in [3.8, 4) is 0 Å². The number of hydrogen-bond donors (Lipinski definition) is 3. The number of amides is 1. The van der Waals surface area contributed by atoms with E-state index in [1.54, 1.807) is 6.08 Å². The highest BCUT2D eigenvalue weighted by molar-refractivity contribution is 5.76. The van der Waals surface area contributed by atoms with Crippen LogP contribution in [0.2, 0.25) is 0 Å². The average Bonchev–Trinajstić information content (AvgIpc) is 3.31. The first-order chi connectivity index (χ1) is 32.0. The number of ether oxygens (including phenoxy) is 1. The van der Waals surface area contributed by atoms with Gasteiger partial charge in [0.1, 0.15) is 0 Å². The molecule has 0 aromatic rings. The zero-order valence-corrected chi connectivity index (χ0v) is 44.0. The minimum absolute atomic E-state index is 0.00481. The van der Waals surface area contributed by atoms with Crippen molar-refractivity contribution in [2.75, 3.05) is 13.2 Å². The van der Waals surface area contributed by atoms with E-state index in [-0.39, 0.29) is 18.5 Å². The summed E-state index contributed by atoms with van der Waals surface area (Å²) in [7, 11) is 0. The molecule has 0 saturated carbocycles. The second-order valence-corrected chi connectivity index (χ2v) is 20.3. The maximum absolute atomic E-state index is 12.4. The summed E-state index contributed by atoms with van der Waals surface area (Å²) in [4.78, 5) is 24.5. The van der Waals surface area contributed by atoms with Crippen molar-refractivity contribution in [1.29, 1.82) is 0 Å². The second kappa shape index (κ2) is 55.2. The molecule has 0 aliphatic rings. The number of carbonyl (C=O) groups is 2. The van der Waals surface area contributed by atoms with E-state index in [0.29, 0.717) is 19.4 Å². The molecule has 0 bridgehead atoms. The van der Waals surface area contributed by atoms with Gasteiger partial charge in [-0.05, 0) is 32.1 Å². The van der Waals surface area contributed by atoms with E-state index >= 15 is 0 Å². The Balaban J connectivity index is 3.41. The molecule has 2 unspecified atom stereocenters. The highest BCUT2D eigenvalue weighted by Gasteiger charge is 2.18. The number of rotatable bonds is 55. The Labute approximate surface area is 406 Å². The first-order valence-corrected chi connectivity index (χ1v) is 29.5. The van der Waals surface area contributed by atoms with Crippen molar-refractivity contribution in [2.24, 2.45) is 0 Å². The van der Waals surface area contributed by atoms with Crippen LogP contribution in [-0.2, 0) is 14.3 Å². The van der Waals surface area contributed by atoms with Crippen LogP contribution in [0.5, 0.6) is 0 Å². The Kier molecular flexibility index (Phi) is 54.0. The Morgan fingerprint density at radius 2 is 0.708 bits per heavy atom. The Morgan fingerprint density at radius 1 is 0.415 bits per heavy atom. The summed E-state index contributed by atoms with van der Waals surface area (Å²) in [5.41, 5.74) is 0. The van der Waals surface area contributed by atoms with E-state index in [2.05, 4.69) is 19.2 Å². The summed E-state index contributed by atoms with van der Waals surface area (Å²) in [6, 6.07) is -0.633. The molecule has 1 amide bonds. The minimum atomic E-state index is -0.849. The largest absolute Gasteiger partial charge is 0.466 e. The first-order valence-electron chi connectivity index (χ1n) is 29.5. The van der Waals surface area contributed by atoms with E-state index in [0.717, 1.165) is 44.9 Å². The maximum atomic E-state index is 12.4. The number of hydrogen-bond acceptors (Lipinski definition) is 5. The van der Waals surface area contributed by atoms with E-state index in [1.807, 2.05) is 6.08 Å². The Bertz CT molecular complexity index is 970. The lowest BCUT2D eigenvalue weighted by atomic mass is 10.0. The van der Waals surface area contributed by atoms with Gasteiger partial charge in [0.05, 0.1) is 25.4 Å². The van der Waals surface area contributed by atoms with Gasteiger partial charge in [-0.2, -0.15) is 0 Å². The summed E-state index contributed by atoms with van der Waals surface area (Å²) < 4.78 is 5.49. The smallest absolute Gasteiger partial charge is 0.305 e. The fourth-order valence-corrected chi connectivity index (χ4v) is 9.28. The van der Waals surface area contributed by atoms with Gasteiger partial charge < -0.3 is 20.3 Å². The predicted octanol–water partition coefficient (Wildman–Crippen LogP) is 18.1. The third-order valence-corrected chi connectivity index (χ3v) is 13.8. The third kappa shape index (κ3) is 51.8. The van der Waals surface area contributed by atoms with Crippen LogP contribution in [0, 0.1) is 0 Å². The predicted molar refractivity (Wildman–Crippen MR) is 283 cm³/mol. The van der Waals surface area contributed by atoms with Gasteiger partial charge in [0.25, 0.3) is 0 Å². The molecule has 65 heavy (non-hydrogen) atoms. The summed E-state index contributed by atoms with van der Waals surface area (Å²) >= 11 is 0. The van der Waals surface area contributed by atoms with Crippen molar-refractivity contribution in [1.82, 2.24) is 5.32 Å². The normalized spacial score (nSPS) is 12.6. The molecule has 0 radical (unpaired) electrons. The molecule has 386 valence electrons. The van der Waals surface area contributed by atoms with Crippen molar-refractivity contribution in [3.63, 3.8) is 0 Å². The van der Waals surface area contributed by atoms with Crippen molar-refractivity contribution in [2.45, 2.75) is 341 Å². The van der Waals surface area contributed by atoms with Gasteiger partial charge in [0.15, 0.2) is 0 Å². The highest BCUT2D eigenvalue weighted by atomic mass is 16.5. The number of aliphatic hydroxyl groups excluding tert-OH is 2. The Hall–Kier alpha value is -1.40. The number of esters is 1. The molecule has 0 heterocycles. The van der Waals surface area contributed by atoms with Crippen molar-refractivity contribution < 1.29 is 24.5 Å². The zero-order chi connectivity index (χ0) is 47.2. The van der Waals surface area contributed by atoms with E-state index < -0.39 is 12.1 Å². The lowest BCUT2D eigenvalue weighted by Crippen LogP contribution is -2.45. The molecule has 0 rings (SSSR count). The van der Waals surface area contributed by atoms with E-state index in [4.69, 9.17) is 4.74 Å². The van der Waals surface area contributed by atoms with Crippen molar-refractivity contribution >= 4 is 11.9 Å². The van der Waals surface area contributed by atoms with Crippen LogP contribution in [0.15, 0.2) is 12.2 Å². The number of nitrogens with one attached hydrogen (secondary N) is 1. The van der Waals surface area contributed by atoms with Crippen LogP contribution in [0.4, 0.5) is 0 Å². The topological polar surface area (TPSA) is 95.9 Å². The molecule has 6 heteroatoms. The zero-order valence-electron chi connectivity index (χ0n) is 44.0. The molecule has 0 aromatic carbocycles. The van der Waals surface area contributed by atoms with Gasteiger partial charge >= 0.3 is 5.97 Å². The molecular weight excluding hydrogens is 803 g/mol. The average molecular weight is 919 g/mol. The lowest BCUT2D eigenvalue weighted by molar-refractivity contribution is -0.143. The highest BCUT2D eigenvalue weighted by Crippen LogP contribution is 2.17. The molecule has 0 spiro atoms. The van der Waals surface area contributed by atoms with Crippen molar-refractivity contribution in [3.05, 3.63) is 12.2 Å². The molecule has 0 aliphatic carbocycles. The third-order valence-electron chi connectivity index (χ3n) is 13.8. The number of carbonyl (C=O) groups excluding carboxylic acids is 2. The molecule has 0 fully saturated rings. The van der Waals surface area contributed by atoms with Gasteiger partial charge in [-0.1, -0.05) is 296 Å². The second-order valence-electron chi connectivity index (χ2n) is 20.3. The molecule has 3 N–H and O–H groups in total. The molecule has 0 saturated heterocycles. The summed E-state index contributed by atoms with van der Waals surface area (Å²) in [6.45, 7) is 4.91. The van der Waals surface area contributed by atoms with Crippen LogP contribution in [-0.4, -0.2) is 47.4 Å². The maximum Gasteiger partial charge on any atom is 0.305 e. The van der Waals surface area contributed by atoms with E-state index in [9.17, 15) is 19.8 Å². The van der Waals surface area contributed by atoms with Gasteiger partial charge in [-0.25, -0.2) is 0 Å². The van der Waals surface area contributed by atoms with Crippen LogP contribution >= 0.6 is 0 Å². The number of allylic oxidation sites excluding steroid dienone is 1. The molecule has 6 nitrogen and oxygen atoms in total. The van der Waals surface area contributed by atoms with E-state index in [1.165, 1.54) is 257 Å². The van der Waals surface area contributed by atoms with Crippen LogP contribution < -0.4 is 5.32 Å². The fourth-order valence-electron chi connectivity index (χ4n) is 9.28. The van der Waals surface area contributed by atoms with Gasteiger partial charge in [0.2, 0.25) is 5.91 Å². The standard InChI is InChI=1S/C59H115NO5/c1-3-5-7-9-11-13-15-17-19-20-21-22-25-29-33-37-41-45-49-53-59(64)65-54-50-46-42-38-34-30-26-23-24-28-32-36-40-44-48-52-58(63)60-56(55-61)57(62)51-47-43-39-35-31-27-18-16-14-12-10-8-6-4-2/h47,51,56-57,61-62H,3-46,48-50,52-55H2,1-2H3,(H,60,63)/b51-47+. The first kappa shape index (κ1) is 63.6. The van der Waals surface area contributed by atoms with Crippen LogP contribution in [0.25, 0.3) is 0 Å². The molecule has 0 aliphatic heterocycles. The number of aliphatic hydroxyl groups is 2. The monoisotopic (exact) mass is 918 g/mol. The number of unbranched alkanes of at least 4 members (excludes halogenated alkanes) is 44. The molecular formula is C59H115NO5. The summed E-state index contributed by atoms with van der Waals surface area (Å²) in [6.07, 6.45) is 65.2. The van der Waals surface area contributed by atoms with Crippen LogP contribution in [0.1, 0.15) is 328 Å². The molecule has 2 atom stereocenters. The summed E-state index contributed by atoms with van der Waals surface area (Å²) in [5.74, 6) is -0.0698. The van der Waals surface area contributed by atoms with Gasteiger partial charge in [-0.3, -0.25) is 9.59 Å². The van der Waals surface area contributed by atoms with Gasteiger partial charge in [0, 0.05) is 12.8 Å². The van der Waals surface area contributed by atoms with Gasteiger partial charge in [-0.15, -0.1) is 0 Å². The minimum Gasteiger partial charge on any atom is -0.466 e. The SMILES string of the molecule is CCCCCCCCCCCCCC/C=C/C(O)C(CO)NC(=O)CCCCCCCCCCCCCCCCCOC(=O)CCCCCCCCCCCCCCCCCCCCC. The molecule has 0 aromatic heterocycles.